The van der Waals surface area contributed by atoms with Crippen molar-refractivity contribution in [2.24, 2.45) is 0 Å². The Kier molecular flexibility index (Phi) is 8.83. The van der Waals surface area contributed by atoms with Gasteiger partial charge in [0.25, 0.3) is 0 Å². The van der Waals surface area contributed by atoms with Gasteiger partial charge in [-0.3, -0.25) is 4.57 Å². The number of pyridine rings is 1. The maximum atomic E-state index is 5.23. The van der Waals surface area contributed by atoms with E-state index in [1.807, 2.05) is 24.4 Å². The van der Waals surface area contributed by atoms with E-state index < -0.39 is 0 Å². The van der Waals surface area contributed by atoms with E-state index in [1.165, 1.54) is 59.9 Å². The molecule has 14 aromatic rings. The Morgan fingerprint density at radius 2 is 0.957 bits per heavy atom. The lowest BCUT2D eigenvalue weighted by atomic mass is 9.87. The zero-order chi connectivity index (χ0) is 45.4. The van der Waals surface area contributed by atoms with Crippen molar-refractivity contribution in [3.63, 3.8) is 0 Å². The van der Waals surface area contributed by atoms with Crippen LogP contribution in [-0.2, 0) is 0 Å². The normalized spacial score (nSPS) is 11.8. The molecule has 0 saturated heterocycles. The number of fused-ring (bicyclic) bond motifs is 10. The third-order valence-electron chi connectivity index (χ3n) is 13.9. The molecule has 5 nitrogen and oxygen atoms in total. The first kappa shape index (κ1) is 38.9. The van der Waals surface area contributed by atoms with Gasteiger partial charge < -0.3 is 8.97 Å². The second-order valence-corrected chi connectivity index (χ2v) is 17.8. The standard InChI is InChI=1S/C64H41N5/c1-4-18-44(19-5-1)59-61-60-51-26-12-10-24-49(51)53(42-31-33-43(34-32-42)56-41-67-39-17-16-30-58(67)65-56)40-54(60)50-25-11-13-27-52(50)63(61)69(62(59)45-20-6-2-7-21-45)48-37-35-46(36-38-48)64-66-55-28-14-15-29-57(55)68(64)47-22-8-3-9-23-47/h1-41H. The van der Waals surface area contributed by atoms with E-state index in [2.05, 4.69) is 238 Å². The average molecular weight is 880 g/mol. The summed E-state index contributed by atoms with van der Waals surface area (Å²) in [6.45, 7) is 0. The molecule has 69 heavy (non-hydrogen) atoms. The molecule has 0 spiro atoms. The molecule has 0 amide bonds. The summed E-state index contributed by atoms with van der Waals surface area (Å²) in [6, 6.07) is 85.3. The van der Waals surface area contributed by atoms with Gasteiger partial charge in [0, 0.05) is 56.6 Å². The fourth-order valence-electron chi connectivity index (χ4n) is 10.8. The molecule has 10 aromatic carbocycles. The maximum Gasteiger partial charge on any atom is 0.145 e. The van der Waals surface area contributed by atoms with Crippen LogP contribution in [0.2, 0.25) is 0 Å². The summed E-state index contributed by atoms with van der Waals surface area (Å²) in [7, 11) is 0. The van der Waals surface area contributed by atoms with Crippen LogP contribution in [0.3, 0.4) is 0 Å². The fraction of sp³-hybridized carbons (Fsp3) is 0. The van der Waals surface area contributed by atoms with E-state index >= 15 is 0 Å². The fourth-order valence-corrected chi connectivity index (χ4v) is 10.8. The monoisotopic (exact) mass is 879 g/mol. The number of benzene rings is 10. The Bertz CT molecular complexity index is 4230. The number of para-hydroxylation sites is 3. The van der Waals surface area contributed by atoms with Gasteiger partial charge in [-0.15, -0.1) is 0 Å². The van der Waals surface area contributed by atoms with Crippen LogP contribution in [0, 0.1) is 0 Å². The molecule has 0 atom stereocenters. The van der Waals surface area contributed by atoms with E-state index in [9.17, 15) is 0 Å². The summed E-state index contributed by atoms with van der Waals surface area (Å²) in [5, 5.41) is 8.52. The number of aromatic nitrogens is 5. The average Bonchev–Trinajstić information content (AvgIpc) is 4.15. The molecule has 0 saturated carbocycles. The lowest BCUT2D eigenvalue weighted by Gasteiger charge is -2.17. The van der Waals surface area contributed by atoms with Crippen LogP contribution >= 0.6 is 0 Å². The number of hydrogen-bond donors (Lipinski definition) is 0. The van der Waals surface area contributed by atoms with E-state index in [1.54, 1.807) is 0 Å². The molecule has 0 N–H and O–H groups in total. The molecule has 4 heterocycles. The molecule has 322 valence electrons. The summed E-state index contributed by atoms with van der Waals surface area (Å²) in [5.41, 5.74) is 16.4. The predicted octanol–water partition coefficient (Wildman–Crippen LogP) is 16.4. The highest BCUT2D eigenvalue weighted by Crippen LogP contribution is 2.51. The van der Waals surface area contributed by atoms with Crippen LogP contribution in [-0.4, -0.2) is 23.5 Å². The molecular formula is C64H41N5. The minimum atomic E-state index is 0.906. The largest absolute Gasteiger partial charge is 0.308 e. The molecule has 5 heteroatoms. The minimum absolute atomic E-state index is 0.906. The number of imidazole rings is 2. The van der Waals surface area contributed by atoms with Crippen LogP contribution in [0.15, 0.2) is 249 Å². The molecular weight excluding hydrogens is 839 g/mol. The number of hydrogen-bond acceptors (Lipinski definition) is 2. The third kappa shape index (κ3) is 6.18. The molecule has 0 fully saturated rings. The molecule has 0 bridgehead atoms. The molecule has 0 aliphatic heterocycles. The Hall–Kier alpha value is -9.32. The first-order valence-electron chi connectivity index (χ1n) is 23.5. The highest BCUT2D eigenvalue weighted by molar-refractivity contribution is 6.36. The Labute approximate surface area is 398 Å². The molecule has 0 aliphatic rings. The van der Waals surface area contributed by atoms with E-state index in [0.29, 0.717) is 0 Å². The van der Waals surface area contributed by atoms with Crippen molar-refractivity contribution < 1.29 is 0 Å². The molecule has 0 radical (unpaired) electrons. The molecule has 0 aliphatic carbocycles. The Balaban J connectivity index is 1.05. The van der Waals surface area contributed by atoms with Crippen LogP contribution in [0.4, 0.5) is 0 Å². The number of rotatable bonds is 7. The molecule has 0 unspecified atom stereocenters. The van der Waals surface area contributed by atoms with Crippen molar-refractivity contribution in [2.45, 2.75) is 0 Å². The van der Waals surface area contributed by atoms with E-state index in [0.717, 1.165) is 67.5 Å². The first-order valence-corrected chi connectivity index (χ1v) is 23.5. The van der Waals surface area contributed by atoms with Gasteiger partial charge in [0.1, 0.15) is 11.5 Å². The number of nitrogens with zero attached hydrogens (tertiary/aromatic N) is 5. The second kappa shape index (κ2) is 15.7. The van der Waals surface area contributed by atoms with Gasteiger partial charge in [-0.1, -0.05) is 170 Å². The highest BCUT2D eigenvalue weighted by atomic mass is 15.1. The topological polar surface area (TPSA) is 40.0 Å². The summed E-state index contributed by atoms with van der Waals surface area (Å²) in [5.74, 6) is 0.906. The van der Waals surface area contributed by atoms with E-state index in [-0.39, 0.29) is 0 Å². The van der Waals surface area contributed by atoms with Crippen molar-refractivity contribution in [1.82, 2.24) is 23.5 Å². The van der Waals surface area contributed by atoms with Gasteiger partial charge in [0.2, 0.25) is 0 Å². The van der Waals surface area contributed by atoms with Crippen LogP contribution < -0.4 is 0 Å². The minimum Gasteiger partial charge on any atom is -0.308 e. The highest BCUT2D eigenvalue weighted by Gasteiger charge is 2.27. The Morgan fingerprint density at radius 1 is 0.362 bits per heavy atom. The SMILES string of the molecule is c1ccc(-c2c(-c3ccccc3)n(-c3ccc(-c4nc5ccccc5n4-c4ccccc4)cc3)c3c4ccccc4c4cc(-c5ccc(-c6cn7ccccc7n6)cc5)c5ccccc5c4c23)cc1. The van der Waals surface area contributed by atoms with Gasteiger partial charge in [-0.25, -0.2) is 9.97 Å². The third-order valence-corrected chi connectivity index (χ3v) is 13.9. The van der Waals surface area contributed by atoms with Crippen molar-refractivity contribution in [2.75, 3.05) is 0 Å². The van der Waals surface area contributed by atoms with Crippen molar-refractivity contribution in [3.8, 4) is 67.5 Å². The maximum absolute atomic E-state index is 5.23. The van der Waals surface area contributed by atoms with Crippen LogP contribution in [0.1, 0.15) is 0 Å². The summed E-state index contributed by atoms with van der Waals surface area (Å²) in [6.07, 6.45) is 4.15. The van der Waals surface area contributed by atoms with Gasteiger partial charge in [0.05, 0.1) is 27.9 Å². The molecule has 4 aromatic heterocycles. The van der Waals surface area contributed by atoms with Crippen molar-refractivity contribution >= 4 is 59.9 Å². The van der Waals surface area contributed by atoms with Gasteiger partial charge in [-0.2, -0.15) is 0 Å². The van der Waals surface area contributed by atoms with E-state index in [4.69, 9.17) is 9.97 Å². The molecule has 14 rings (SSSR count). The second-order valence-electron chi connectivity index (χ2n) is 17.8. The van der Waals surface area contributed by atoms with Gasteiger partial charge >= 0.3 is 0 Å². The van der Waals surface area contributed by atoms with Crippen molar-refractivity contribution in [1.29, 1.82) is 0 Å². The van der Waals surface area contributed by atoms with Crippen LogP contribution in [0.5, 0.6) is 0 Å². The Morgan fingerprint density at radius 3 is 1.71 bits per heavy atom. The summed E-state index contributed by atoms with van der Waals surface area (Å²) < 4.78 is 6.87. The van der Waals surface area contributed by atoms with Gasteiger partial charge in [-0.05, 0) is 111 Å². The quantitative estimate of drug-likeness (QED) is 0.150. The summed E-state index contributed by atoms with van der Waals surface area (Å²) in [4.78, 5) is 10.2. The summed E-state index contributed by atoms with van der Waals surface area (Å²) >= 11 is 0. The zero-order valence-corrected chi connectivity index (χ0v) is 37.4. The smallest absolute Gasteiger partial charge is 0.145 e. The lowest BCUT2D eigenvalue weighted by Crippen LogP contribution is -2.00. The lowest BCUT2D eigenvalue weighted by molar-refractivity contribution is 1.10. The van der Waals surface area contributed by atoms with Crippen LogP contribution in [0.25, 0.3) is 127 Å². The zero-order valence-electron chi connectivity index (χ0n) is 37.4. The first-order chi connectivity index (χ1) is 34.2. The van der Waals surface area contributed by atoms with Gasteiger partial charge in [0.15, 0.2) is 0 Å². The predicted molar refractivity (Wildman–Crippen MR) is 286 cm³/mol. The van der Waals surface area contributed by atoms with Crippen molar-refractivity contribution in [3.05, 3.63) is 249 Å².